The molecule has 1 aromatic heterocycles. The van der Waals surface area contributed by atoms with Gasteiger partial charge in [-0.3, -0.25) is 0 Å². The third-order valence-corrected chi connectivity index (χ3v) is 12.2. The summed E-state index contributed by atoms with van der Waals surface area (Å²) < 4.78 is 6.51. The molecule has 2 heteroatoms. The Kier molecular flexibility index (Phi) is 7.89. The van der Waals surface area contributed by atoms with Gasteiger partial charge < -0.3 is 9.32 Å². The van der Waals surface area contributed by atoms with E-state index < -0.39 is 0 Å². The molecule has 0 N–H and O–H groups in total. The maximum absolute atomic E-state index is 6.51. The van der Waals surface area contributed by atoms with Crippen LogP contribution >= 0.6 is 0 Å². The van der Waals surface area contributed by atoms with E-state index in [4.69, 9.17) is 4.42 Å². The molecule has 2 nitrogen and oxygen atoms in total. The van der Waals surface area contributed by atoms with E-state index in [-0.39, 0.29) is 0 Å². The molecule has 12 rings (SSSR count). The Bertz CT molecular complexity index is 3610. The smallest absolute Gasteiger partial charge is 0.137 e. The molecule has 12 aromatic rings. The molecule has 60 heavy (non-hydrogen) atoms. The Hall–Kier alpha value is -7.94. The summed E-state index contributed by atoms with van der Waals surface area (Å²) in [7, 11) is 0. The Morgan fingerprint density at radius 1 is 0.267 bits per heavy atom. The van der Waals surface area contributed by atoms with Crippen LogP contribution in [0.4, 0.5) is 17.1 Å². The van der Waals surface area contributed by atoms with E-state index in [0.717, 1.165) is 61.3 Å². The lowest BCUT2D eigenvalue weighted by Gasteiger charge is -2.30. The van der Waals surface area contributed by atoms with Crippen molar-refractivity contribution in [3.8, 4) is 33.4 Å². The lowest BCUT2D eigenvalue weighted by Crippen LogP contribution is -2.12. The molecular weight excluding hydrogens is 727 g/mol. The van der Waals surface area contributed by atoms with Gasteiger partial charge in [0.15, 0.2) is 0 Å². The quantitative estimate of drug-likeness (QED) is 0.157. The number of nitrogens with zero attached hydrogens (tertiary/aromatic N) is 1. The minimum absolute atomic E-state index is 0.860. The summed E-state index contributed by atoms with van der Waals surface area (Å²) in [6.07, 6.45) is 0. The Morgan fingerprint density at radius 3 is 1.50 bits per heavy atom. The normalized spacial score (nSPS) is 11.7. The molecule has 0 aliphatic carbocycles. The first-order valence-electron chi connectivity index (χ1n) is 20.6. The second-order valence-corrected chi connectivity index (χ2v) is 15.6. The predicted octanol–water partition coefficient (Wildman–Crippen LogP) is 16.7. The zero-order valence-corrected chi connectivity index (χ0v) is 32.7. The minimum Gasteiger partial charge on any atom is -0.456 e. The third kappa shape index (κ3) is 5.57. The summed E-state index contributed by atoms with van der Waals surface area (Å²) in [5, 5.41) is 12.2. The van der Waals surface area contributed by atoms with Gasteiger partial charge in [0.05, 0.1) is 22.4 Å². The van der Waals surface area contributed by atoms with Crippen molar-refractivity contribution in [3.05, 3.63) is 224 Å². The zero-order valence-electron chi connectivity index (χ0n) is 32.7. The molecule has 11 aromatic carbocycles. The van der Waals surface area contributed by atoms with Crippen molar-refractivity contribution in [2.24, 2.45) is 0 Å². The molecule has 0 radical (unpaired) electrons. The number of anilines is 3. The number of benzene rings is 11. The second kappa shape index (κ2) is 13.9. The van der Waals surface area contributed by atoms with Crippen molar-refractivity contribution >= 4 is 82.1 Å². The fourth-order valence-corrected chi connectivity index (χ4v) is 9.36. The average Bonchev–Trinajstić information content (AvgIpc) is 3.71. The largest absolute Gasteiger partial charge is 0.456 e. The summed E-state index contributed by atoms with van der Waals surface area (Å²) in [5.74, 6) is 0. The van der Waals surface area contributed by atoms with Crippen LogP contribution in [0.2, 0.25) is 0 Å². The molecule has 0 saturated heterocycles. The highest BCUT2D eigenvalue weighted by atomic mass is 16.3. The lowest BCUT2D eigenvalue weighted by molar-refractivity contribution is 0.669. The first-order chi connectivity index (χ1) is 29.7. The van der Waals surface area contributed by atoms with Crippen LogP contribution < -0.4 is 4.90 Å². The average molecular weight is 764 g/mol. The molecule has 0 saturated carbocycles. The van der Waals surface area contributed by atoms with Crippen LogP contribution in [0.15, 0.2) is 229 Å². The number of hydrogen-bond acceptors (Lipinski definition) is 2. The maximum atomic E-state index is 6.51. The van der Waals surface area contributed by atoms with Gasteiger partial charge in [-0.05, 0) is 108 Å². The van der Waals surface area contributed by atoms with E-state index >= 15 is 0 Å². The summed E-state index contributed by atoms with van der Waals surface area (Å²) in [6, 6.07) is 81.4. The van der Waals surface area contributed by atoms with Gasteiger partial charge in [-0.2, -0.15) is 0 Å². The standard InChI is InChI=1S/C58H37NO/c1-3-14-46-39(12-1)30-32-44-36-43(34-35-48(44)46)38-24-26-41(27-25-38)49-16-5-8-19-53(49)59(55-21-11-23-57-58(55)51-18-7-10-22-56(51)60-57)54-20-9-6-17-50(54)45-33-31-42-29-28-40-13-2-4-15-47(40)52(42)37-45/h1-37H. The highest BCUT2D eigenvalue weighted by molar-refractivity contribution is 6.15. The second-order valence-electron chi connectivity index (χ2n) is 15.6. The molecule has 0 aliphatic rings. The molecule has 0 bridgehead atoms. The van der Waals surface area contributed by atoms with E-state index in [1.54, 1.807) is 0 Å². The lowest BCUT2D eigenvalue weighted by atomic mass is 9.94. The number of para-hydroxylation sites is 3. The monoisotopic (exact) mass is 763 g/mol. The van der Waals surface area contributed by atoms with Crippen LogP contribution in [-0.2, 0) is 0 Å². The summed E-state index contributed by atoms with van der Waals surface area (Å²) >= 11 is 0. The highest BCUT2D eigenvalue weighted by Gasteiger charge is 2.24. The SMILES string of the molecule is c1ccc(N(c2ccccc2-c2ccc3ccc4ccccc4c3c2)c2cccc3oc4ccccc4c23)c(-c2ccc(-c3ccc4c(ccc5ccccc54)c3)cc2)c1. The topological polar surface area (TPSA) is 16.4 Å². The summed E-state index contributed by atoms with van der Waals surface area (Å²) in [6.45, 7) is 0. The van der Waals surface area contributed by atoms with Gasteiger partial charge in [0, 0.05) is 16.5 Å². The molecule has 0 amide bonds. The van der Waals surface area contributed by atoms with E-state index in [1.807, 2.05) is 6.07 Å². The van der Waals surface area contributed by atoms with Gasteiger partial charge in [-0.15, -0.1) is 0 Å². The van der Waals surface area contributed by atoms with Gasteiger partial charge in [-0.25, -0.2) is 0 Å². The van der Waals surface area contributed by atoms with Gasteiger partial charge in [0.1, 0.15) is 11.2 Å². The zero-order chi connectivity index (χ0) is 39.6. The predicted molar refractivity (Wildman–Crippen MR) is 255 cm³/mol. The van der Waals surface area contributed by atoms with Crippen molar-refractivity contribution in [1.29, 1.82) is 0 Å². The van der Waals surface area contributed by atoms with Crippen molar-refractivity contribution in [3.63, 3.8) is 0 Å². The van der Waals surface area contributed by atoms with E-state index in [1.165, 1.54) is 54.2 Å². The maximum Gasteiger partial charge on any atom is 0.137 e. The molecule has 0 atom stereocenters. The van der Waals surface area contributed by atoms with Crippen molar-refractivity contribution in [1.82, 2.24) is 0 Å². The van der Waals surface area contributed by atoms with Gasteiger partial charge >= 0.3 is 0 Å². The van der Waals surface area contributed by atoms with E-state index in [0.29, 0.717) is 0 Å². The number of rotatable bonds is 6. The molecule has 1 heterocycles. The number of hydrogen-bond donors (Lipinski definition) is 0. The molecular formula is C58H37NO. The molecule has 0 aliphatic heterocycles. The summed E-state index contributed by atoms with van der Waals surface area (Å²) in [5.41, 5.74) is 11.9. The van der Waals surface area contributed by atoms with Crippen LogP contribution in [-0.4, -0.2) is 0 Å². The fraction of sp³-hybridized carbons (Fsp3) is 0. The van der Waals surface area contributed by atoms with Crippen LogP contribution in [0.1, 0.15) is 0 Å². The Labute approximate surface area is 347 Å². The van der Waals surface area contributed by atoms with E-state index in [9.17, 15) is 0 Å². The molecule has 280 valence electrons. The van der Waals surface area contributed by atoms with Crippen LogP contribution in [0.25, 0.3) is 98.4 Å². The van der Waals surface area contributed by atoms with Crippen LogP contribution in [0.5, 0.6) is 0 Å². The first-order valence-corrected chi connectivity index (χ1v) is 20.6. The summed E-state index contributed by atoms with van der Waals surface area (Å²) in [4.78, 5) is 2.45. The minimum atomic E-state index is 0.860. The molecule has 0 unspecified atom stereocenters. The number of furan rings is 1. The Balaban J connectivity index is 1.04. The van der Waals surface area contributed by atoms with Crippen molar-refractivity contribution in [2.45, 2.75) is 0 Å². The van der Waals surface area contributed by atoms with Gasteiger partial charge in [0.25, 0.3) is 0 Å². The number of fused-ring (bicyclic) bond motifs is 9. The fourth-order valence-electron chi connectivity index (χ4n) is 9.36. The first kappa shape index (κ1) is 34.1. The third-order valence-electron chi connectivity index (χ3n) is 12.2. The van der Waals surface area contributed by atoms with Crippen molar-refractivity contribution < 1.29 is 4.42 Å². The van der Waals surface area contributed by atoms with Gasteiger partial charge in [-0.1, -0.05) is 182 Å². The Morgan fingerprint density at radius 2 is 0.750 bits per heavy atom. The van der Waals surface area contributed by atoms with Gasteiger partial charge in [0.2, 0.25) is 0 Å². The molecule has 0 spiro atoms. The molecule has 0 fully saturated rings. The van der Waals surface area contributed by atoms with Crippen molar-refractivity contribution in [2.75, 3.05) is 4.90 Å². The van der Waals surface area contributed by atoms with E-state index in [2.05, 4.69) is 223 Å². The highest BCUT2D eigenvalue weighted by Crippen LogP contribution is 2.49. The van der Waals surface area contributed by atoms with Crippen LogP contribution in [0, 0.1) is 0 Å². The van der Waals surface area contributed by atoms with Crippen LogP contribution in [0.3, 0.4) is 0 Å².